The number of hydrogen-bond donors (Lipinski definition) is 1. The van der Waals surface area contributed by atoms with E-state index in [2.05, 4.69) is 46.9 Å². The van der Waals surface area contributed by atoms with Crippen LogP contribution >= 0.6 is 11.3 Å². The van der Waals surface area contributed by atoms with Gasteiger partial charge in [0.15, 0.2) is 11.5 Å². The van der Waals surface area contributed by atoms with Crippen molar-refractivity contribution in [3.05, 3.63) is 64.7 Å². The second-order valence-corrected chi connectivity index (χ2v) is 7.62. The van der Waals surface area contributed by atoms with Crippen molar-refractivity contribution in [2.75, 3.05) is 20.8 Å². The minimum atomic E-state index is 0.0175. The first-order valence-electron chi connectivity index (χ1n) is 9.58. The molecule has 0 aliphatic carbocycles. The number of nitrogens with one attached hydrogen (secondary N) is 1. The van der Waals surface area contributed by atoms with Crippen molar-refractivity contribution in [2.24, 2.45) is 0 Å². The van der Waals surface area contributed by atoms with Crippen LogP contribution in [0.5, 0.6) is 11.5 Å². The molecule has 0 aliphatic heterocycles. The highest BCUT2D eigenvalue weighted by Gasteiger charge is 2.11. The Hall–Kier alpha value is -2.86. The molecule has 1 aromatic heterocycles. The Balaban J connectivity index is 1.47. The molecular weight excluding hydrogens is 384 g/mol. The van der Waals surface area contributed by atoms with E-state index < -0.39 is 0 Å². The zero-order valence-electron chi connectivity index (χ0n) is 17.0. The number of rotatable bonds is 9. The van der Waals surface area contributed by atoms with Crippen molar-refractivity contribution < 1.29 is 14.3 Å². The lowest BCUT2D eigenvalue weighted by Crippen LogP contribution is -2.26. The topological polar surface area (TPSA) is 60.5 Å². The van der Waals surface area contributed by atoms with Crippen molar-refractivity contribution in [3.8, 4) is 22.1 Å². The molecule has 3 rings (SSSR count). The summed E-state index contributed by atoms with van der Waals surface area (Å²) in [5, 5.41) is 6.05. The third-order valence-corrected chi connectivity index (χ3v) is 5.60. The van der Waals surface area contributed by atoms with Crippen LogP contribution in [0.1, 0.15) is 23.2 Å². The molecule has 1 amide bonds. The van der Waals surface area contributed by atoms with Crippen molar-refractivity contribution in [1.29, 1.82) is 0 Å². The molecule has 0 aliphatic rings. The third kappa shape index (κ3) is 5.57. The molecule has 6 heteroatoms. The van der Waals surface area contributed by atoms with Crippen LogP contribution in [-0.2, 0) is 17.6 Å². The number of aromatic nitrogens is 1. The van der Waals surface area contributed by atoms with Gasteiger partial charge >= 0.3 is 0 Å². The van der Waals surface area contributed by atoms with Gasteiger partial charge in [-0.25, -0.2) is 4.98 Å². The fourth-order valence-corrected chi connectivity index (χ4v) is 3.93. The second kappa shape index (κ2) is 10.1. The summed E-state index contributed by atoms with van der Waals surface area (Å²) in [6.07, 6.45) is 1.71. The van der Waals surface area contributed by atoms with Gasteiger partial charge in [0.1, 0.15) is 5.01 Å². The monoisotopic (exact) mass is 410 g/mol. The van der Waals surface area contributed by atoms with Gasteiger partial charge in [0.05, 0.1) is 19.9 Å². The molecule has 0 atom stereocenters. The van der Waals surface area contributed by atoms with Crippen LogP contribution in [0.4, 0.5) is 0 Å². The highest BCUT2D eigenvalue weighted by Crippen LogP contribution is 2.31. The third-order valence-electron chi connectivity index (χ3n) is 4.66. The van der Waals surface area contributed by atoms with Gasteiger partial charge in [0.2, 0.25) is 5.91 Å². The number of ether oxygens (including phenoxy) is 2. The quantitative estimate of drug-likeness (QED) is 0.567. The van der Waals surface area contributed by atoms with Gasteiger partial charge in [0, 0.05) is 30.3 Å². The lowest BCUT2D eigenvalue weighted by molar-refractivity contribution is -0.121. The summed E-state index contributed by atoms with van der Waals surface area (Å²) < 4.78 is 10.7. The number of para-hydroxylation sites is 1. The Morgan fingerprint density at radius 3 is 2.59 bits per heavy atom. The largest absolute Gasteiger partial charge is 0.493 e. The zero-order valence-corrected chi connectivity index (χ0v) is 17.8. The molecule has 1 heterocycles. The molecule has 29 heavy (non-hydrogen) atoms. The first kappa shape index (κ1) is 20.9. The Morgan fingerprint density at radius 1 is 1.07 bits per heavy atom. The SMILES string of the molecule is COc1cccc(CCC(=O)NCCc2csc(-c3ccc(C)cc3)n2)c1OC. The summed E-state index contributed by atoms with van der Waals surface area (Å²) in [5.74, 6) is 1.39. The van der Waals surface area contributed by atoms with E-state index in [0.29, 0.717) is 30.9 Å². The minimum absolute atomic E-state index is 0.0175. The van der Waals surface area contributed by atoms with E-state index in [1.54, 1.807) is 25.6 Å². The number of methoxy groups -OCH3 is 2. The molecule has 5 nitrogen and oxygen atoms in total. The number of aryl methyl sites for hydroxylation is 2. The zero-order chi connectivity index (χ0) is 20.6. The lowest BCUT2D eigenvalue weighted by Gasteiger charge is -2.12. The first-order chi connectivity index (χ1) is 14.1. The molecule has 0 spiro atoms. The standard InChI is InChI=1S/C23H26N2O3S/c1-16-7-9-18(10-8-16)23-25-19(15-29-23)13-14-24-21(26)12-11-17-5-4-6-20(27-2)22(17)28-3/h4-10,15H,11-14H2,1-3H3,(H,24,26). The summed E-state index contributed by atoms with van der Waals surface area (Å²) >= 11 is 1.63. The maximum atomic E-state index is 12.2. The van der Waals surface area contributed by atoms with E-state index in [1.165, 1.54) is 5.56 Å². The maximum absolute atomic E-state index is 12.2. The molecular formula is C23H26N2O3S. The van der Waals surface area contributed by atoms with E-state index >= 15 is 0 Å². The highest BCUT2D eigenvalue weighted by atomic mass is 32.1. The van der Waals surface area contributed by atoms with Crippen molar-refractivity contribution in [2.45, 2.75) is 26.2 Å². The summed E-state index contributed by atoms with van der Waals surface area (Å²) in [6, 6.07) is 14.1. The summed E-state index contributed by atoms with van der Waals surface area (Å²) in [4.78, 5) is 16.9. The molecule has 0 saturated heterocycles. The molecule has 0 bridgehead atoms. The average Bonchev–Trinajstić information content (AvgIpc) is 3.21. The van der Waals surface area contributed by atoms with Crippen molar-refractivity contribution in [1.82, 2.24) is 10.3 Å². The molecule has 0 unspecified atom stereocenters. The number of carbonyl (C=O) groups is 1. The Kier molecular flexibility index (Phi) is 7.25. The van der Waals surface area contributed by atoms with Gasteiger partial charge in [-0.05, 0) is 25.0 Å². The smallest absolute Gasteiger partial charge is 0.220 e. The summed E-state index contributed by atoms with van der Waals surface area (Å²) in [6.45, 7) is 2.65. The van der Waals surface area contributed by atoms with Crippen LogP contribution in [0.25, 0.3) is 10.6 Å². The predicted molar refractivity (Wildman–Crippen MR) is 117 cm³/mol. The predicted octanol–water partition coefficient (Wildman–Crippen LogP) is 4.43. The Labute approximate surface area is 175 Å². The number of nitrogens with zero attached hydrogens (tertiary/aromatic N) is 1. The van der Waals surface area contributed by atoms with Gasteiger partial charge in [-0.2, -0.15) is 0 Å². The van der Waals surface area contributed by atoms with E-state index in [4.69, 9.17) is 9.47 Å². The van der Waals surface area contributed by atoms with E-state index in [-0.39, 0.29) is 5.91 Å². The van der Waals surface area contributed by atoms with Gasteiger partial charge in [-0.1, -0.05) is 42.0 Å². The van der Waals surface area contributed by atoms with Gasteiger partial charge in [-0.15, -0.1) is 11.3 Å². The number of hydrogen-bond acceptors (Lipinski definition) is 5. The molecule has 1 N–H and O–H groups in total. The van der Waals surface area contributed by atoms with Crippen LogP contribution < -0.4 is 14.8 Å². The number of carbonyl (C=O) groups excluding carboxylic acids is 1. The minimum Gasteiger partial charge on any atom is -0.493 e. The molecule has 2 aromatic carbocycles. The van der Waals surface area contributed by atoms with E-state index in [0.717, 1.165) is 28.2 Å². The normalized spacial score (nSPS) is 10.6. The van der Waals surface area contributed by atoms with Crippen LogP contribution in [0.3, 0.4) is 0 Å². The number of benzene rings is 2. The maximum Gasteiger partial charge on any atom is 0.220 e. The van der Waals surface area contributed by atoms with Crippen LogP contribution in [-0.4, -0.2) is 31.7 Å². The van der Waals surface area contributed by atoms with Gasteiger partial charge < -0.3 is 14.8 Å². The molecule has 152 valence electrons. The van der Waals surface area contributed by atoms with E-state index in [1.807, 2.05) is 18.2 Å². The second-order valence-electron chi connectivity index (χ2n) is 6.76. The average molecular weight is 411 g/mol. The van der Waals surface area contributed by atoms with E-state index in [9.17, 15) is 4.79 Å². The first-order valence-corrected chi connectivity index (χ1v) is 10.5. The highest BCUT2D eigenvalue weighted by molar-refractivity contribution is 7.13. The molecule has 3 aromatic rings. The van der Waals surface area contributed by atoms with Gasteiger partial charge in [-0.3, -0.25) is 4.79 Å². The van der Waals surface area contributed by atoms with Crippen molar-refractivity contribution in [3.63, 3.8) is 0 Å². The van der Waals surface area contributed by atoms with Crippen LogP contribution in [0, 0.1) is 6.92 Å². The Morgan fingerprint density at radius 2 is 1.86 bits per heavy atom. The fraction of sp³-hybridized carbons (Fsp3) is 0.304. The number of thiazole rings is 1. The number of amides is 1. The molecule has 0 saturated carbocycles. The van der Waals surface area contributed by atoms with Gasteiger partial charge in [0.25, 0.3) is 0 Å². The lowest BCUT2D eigenvalue weighted by atomic mass is 10.1. The summed E-state index contributed by atoms with van der Waals surface area (Å²) in [7, 11) is 3.22. The molecule has 0 fully saturated rings. The fourth-order valence-electron chi connectivity index (χ4n) is 3.07. The van der Waals surface area contributed by atoms with Crippen LogP contribution in [0.15, 0.2) is 47.8 Å². The Bertz CT molecular complexity index is 951. The summed E-state index contributed by atoms with van der Waals surface area (Å²) in [5.41, 5.74) is 4.33. The van der Waals surface area contributed by atoms with Crippen molar-refractivity contribution >= 4 is 17.2 Å². The molecule has 0 radical (unpaired) electrons. The van der Waals surface area contributed by atoms with Crippen LogP contribution in [0.2, 0.25) is 0 Å².